The van der Waals surface area contributed by atoms with Gasteiger partial charge >= 0.3 is 0 Å². The number of nitrogens with zero attached hydrogens (tertiary/aromatic N) is 3. The summed E-state index contributed by atoms with van der Waals surface area (Å²) >= 11 is 0. The smallest absolute Gasteiger partial charge is 0.0492 e. The van der Waals surface area contributed by atoms with Gasteiger partial charge in [-0.3, -0.25) is 9.67 Å². The highest BCUT2D eigenvalue weighted by molar-refractivity contribution is 5.14. The van der Waals surface area contributed by atoms with E-state index in [2.05, 4.69) is 27.5 Å². The maximum Gasteiger partial charge on any atom is 0.0492 e. The predicted molar refractivity (Wildman–Crippen MR) is 67.6 cm³/mol. The molecule has 0 saturated heterocycles. The fourth-order valence-corrected chi connectivity index (χ4v) is 2.00. The van der Waals surface area contributed by atoms with Crippen molar-refractivity contribution in [1.82, 2.24) is 20.1 Å². The summed E-state index contributed by atoms with van der Waals surface area (Å²) in [6, 6.07) is 6.50. The number of rotatable bonds is 5. The molecule has 0 aromatic carbocycles. The normalized spacial score (nSPS) is 12.6. The van der Waals surface area contributed by atoms with Crippen molar-refractivity contribution < 1.29 is 0 Å². The van der Waals surface area contributed by atoms with Gasteiger partial charge in [-0.1, -0.05) is 6.07 Å². The van der Waals surface area contributed by atoms with E-state index in [9.17, 15) is 0 Å². The molecule has 0 spiro atoms. The second kappa shape index (κ2) is 5.59. The van der Waals surface area contributed by atoms with Gasteiger partial charge in [-0.2, -0.15) is 5.10 Å². The number of pyridine rings is 1. The Morgan fingerprint density at radius 3 is 2.82 bits per heavy atom. The van der Waals surface area contributed by atoms with E-state index in [1.54, 1.807) is 6.20 Å². The first kappa shape index (κ1) is 11.8. The van der Waals surface area contributed by atoms with Gasteiger partial charge in [0.15, 0.2) is 0 Å². The van der Waals surface area contributed by atoms with Crippen LogP contribution in [0.3, 0.4) is 0 Å². The van der Waals surface area contributed by atoms with Crippen LogP contribution in [0.4, 0.5) is 0 Å². The SMILES string of the molecule is CNC(CCc1ccnn1C)c1cccnc1. The van der Waals surface area contributed by atoms with Crippen molar-refractivity contribution in [3.05, 3.63) is 48.0 Å². The summed E-state index contributed by atoms with van der Waals surface area (Å²) in [5.74, 6) is 0. The van der Waals surface area contributed by atoms with Crippen molar-refractivity contribution >= 4 is 0 Å². The van der Waals surface area contributed by atoms with Crippen LogP contribution in [0.2, 0.25) is 0 Å². The van der Waals surface area contributed by atoms with Gasteiger partial charge in [0.05, 0.1) is 0 Å². The zero-order valence-corrected chi connectivity index (χ0v) is 10.3. The molecule has 0 amide bonds. The third kappa shape index (κ3) is 2.91. The zero-order chi connectivity index (χ0) is 12.1. The molecule has 90 valence electrons. The average molecular weight is 230 g/mol. The molecule has 1 atom stereocenters. The van der Waals surface area contributed by atoms with E-state index < -0.39 is 0 Å². The number of nitrogens with one attached hydrogen (secondary N) is 1. The van der Waals surface area contributed by atoms with Gasteiger partial charge < -0.3 is 5.32 Å². The summed E-state index contributed by atoms with van der Waals surface area (Å²) in [5, 5.41) is 7.51. The molecule has 0 radical (unpaired) electrons. The summed E-state index contributed by atoms with van der Waals surface area (Å²) in [5.41, 5.74) is 2.49. The number of aromatic nitrogens is 3. The standard InChI is InChI=1S/C13H18N4/c1-14-13(11-4-3-8-15-10-11)6-5-12-7-9-16-17(12)2/h3-4,7-10,13-14H,5-6H2,1-2H3. The van der Waals surface area contributed by atoms with Gasteiger partial charge in [-0.05, 0) is 37.6 Å². The van der Waals surface area contributed by atoms with Crippen molar-refractivity contribution in [3.8, 4) is 0 Å². The molecule has 17 heavy (non-hydrogen) atoms. The molecular weight excluding hydrogens is 212 g/mol. The molecular formula is C13H18N4. The molecule has 0 aliphatic carbocycles. The lowest BCUT2D eigenvalue weighted by atomic mass is 10.0. The van der Waals surface area contributed by atoms with Crippen LogP contribution in [-0.2, 0) is 13.5 Å². The molecule has 0 aliphatic rings. The van der Waals surface area contributed by atoms with Crippen LogP contribution < -0.4 is 5.32 Å². The number of hydrogen-bond donors (Lipinski definition) is 1. The Hall–Kier alpha value is -1.68. The minimum Gasteiger partial charge on any atom is -0.313 e. The Bertz CT molecular complexity index is 449. The molecule has 4 heteroatoms. The van der Waals surface area contributed by atoms with Crippen molar-refractivity contribution in [3.63, 3.8) is 0 Å². The van der Waals surface area contributed by atoms with Crippen LogP contribution in [0.5, 0.6) is 0 Å². The van der Waals surface area contributed by atoms with Crippen LogP contribution in [0, 0.1) is 0 Å². The molecule has 0 fully saturated rings. The van der Waals surface area contributed by atoms with Crippen molar-refractivity contribution in [2.24, 2.45) is 7.05 Å². The van der Waals surface area contributed by atoms with Crippen LogP contribution >= 0.6 is 0 Å². The van der Waals surface area contributed by atoms with Gasteiger partial charge in [0.1, 0.15) is 0 Å². The maximum atomic E-state index is 4.18. The quantitative estimate of drug-likeness (QED) is 0.850. The van der Waals surface area contributed by atoms with Crippen LogP contribution in [0.15, 0.2) is 36.8 Å². The minimum atomic E-state index is 0.346. The van der Waals surface area contributed by atoms with Crippen LogP contribution in [0.1, 0.15) is 23.7 Å². The van der Waals surface area contributed by atoms with E-state index >= 15 is 0 Å². The molecule has 2 aromatic heterocycles. The average Bonchev–Trinajstić information content (AvgIpc) is 2.77. The largest absolute Gasteiger partial charge is 0.313 e. The first-order valence-corrected chi connectivity index (χ1v) is 5.85. The Balaban J connectivity index is 1.99. The van der Waals surface area contributed by atoms with Gasteiger partial charge in [0.25, 0.3) is 0 Å². The lowest BCUT2D eigenvalue weighted by Gasteiger charge is -2.16. The topological polar surface area (TPSA) is 42.7 Å². The summed E-state index contributed by atoms with van der Waals surface area (Å²) < 4.78 is 1.93. The van der Waals surface area contributed by atoms with Crippen molar-refractivity contribution in [2.45, 2.75) is 18.9 Å². The fraction of sp³-hybridized carbons (Fsp3) is 0.385. The van der Waals surface area contributed by atoms with E-state index in [4.69, 9.17) is 0 Å². The Kier molecular flexibility index (Phi) is 3.88. The van der Waals surface area contributed by atoms with E-state index in [1.807, 2.05) is 37.2 Å². The first-order chi connectivity index (χ1) is 8.31. The molecule has 2 heterocycles. The van der Waals surface area contributed by atoms with Crippen molar-refractivity contribution in [2.75, 3.05) is 7.05 Å². The molecule has 0 aliphatic heterocycles. The van der Waals surface area contributed by atoms with E-state index in [1.165, 1.54) is 11.3 Å². The summed E-state index contributed by atoms with van der Waals surface area (Å²) in [7, 11) is 3.97. The molecule has 2 rings (SSSR count). The fourth-order valence-electron chi connectivity index (χ4n) is 2.00. The van der Waals surface area contributed by atoms with Crippen LogP contribution in [0.25, 0.3) is 0 Å². The number of aryl methyl sites for hydroxylation is 2. The molecule has 0 saturated carbocycles. The van der Waals surface area contributed by atoms with E-state index in [0.717, 1.165) is 12.8 Å². The molecule has 1 N–H and O–H groups in total. The Morgan fingerprint density at radius 1 is 1.35 bits per heavy atom. The summed E-state index contributed by atoms with van der Waals surface area (Å²) in [6.45, 7) is 0. The molecule has 2 aromatic rings. The third-order valence-electron chi connectivity index (χ3n) is 3.05. The van der Waals surface area contributed by atoms with Gasteiger partial charge in [-0.15, -0.1) is 0 Å². The van der Waals surface area contributed by atoms with Crippen molar-refractivity contribution in [1.29, 1.82) is 0 Å². The second-order valence-corrected chi connectivity index (χ2v) is 4.11. The van der Waals surface area contributed by atoms with Gasteiger partial charge in [0.2, 0.25) is 0 Å². The Labute approximate surface area is 102 Å². The highest BCUT2D eigenvalue weighted by Gasteiger charge is 2.10. The minimum absolute atomic E-state index is 0.346. The second-order valence-electron chi connectivity index (χ2n) is 4.11. The van der Waals surface area contributed by atoms with E-state index in [0.29, 0.717) is 6.04 Å². The summed E-state index contributed by atoms with van der Waals surface area (Å²) in [6.07, 6.45) is 7.62. The third-order valence-corrected chi connectivity index (χ3v) is 3.05. The maximum absolute atomic E-state index is 4.18. The monoisotopic (exact) mass is 230 g/mol. The van der Waals surface area contributed by atoms with Crippen LogP contribution in [-0.4, -0.2) is 21.8 Å². The number of hydrogen-bond acceptors (Lipinski definition) is 3. The Morgan fingerprint density at radius 2 is 2.24 bits per heavy atom. The molecule has 4 nitrogen and oxygen atoms in total. The van der Waals surface area contributed by atoms with Gasteiger partial charge in [0, 0.05) is 37.4 Å². The lowest BCUT2D eigenvalue weighted by Crippen LogP contribution is -2.17. The zero-order valence-electron chi connectivity index (χ0n) is 10.3. The molecule has 1 unspecified atom stereocenters. The predicted octanol–water partition coefficient (Wildman–Crippen LogP) is 1.71. The van der Waals surface area contributed by atoms with E-state index in [-0.39, 0.29) is 0 Å². The molecule has 0 bridgehead atoms. The van der Waals surface area contributed by atoms with Gasteiger partial charge in [-0.25, -0.2) is 0 Å². The first-order valence-electron chi connectivity index (χ1n) is 5.85. The highest BCUT2D eigenvalue weighted by atomic mass is 15.2. The lowest BCUT2D eigenvalue weighted by molar-refractivity contribution is 0.534. The summed E-state index contributed by atoms with van der Waals surface area (Å²) in [4.78, 5) is 4.16. The highest BCUT2D eigenvalue weighted by Crippen LogP contribution is 2.17.